The summed E-state index contributed by atoms with van der Waals surface area (Å²) in [5, 5.41) is 12.6. The van der Waals surface area contributed by atoms with Gasteiger partial charge in [0, 0.05) is 17.2 Å². The predicted molar refractivity (Wildman–Crippen MR) is 80.2 cm³/mol. The second kappa shape index (κ2) is 4.56. The number of carboxylic acid groups (broad SMARTS) is 1. The van der Waals surface area contributed by atoms with Crippen LogP contribution in [-0.2, 0) is 9.59 Å². The van der Waals surface area contributed by atoms with Crippen molar-refractivity contribution in [1.82, 2.24) is 4.90 Å². The molecule has 5 heteroatoms. The van der Waals surface area contributed by atoms with Gasteiger partial charge in [0.1, 0.15) is 0 Å². The Hall–Kier alpha value is -1.88. The lowest BCUT2D eigenvalue weighted by Gasteiger charge is -2.26. The molecule has 2 unspecified atom stereocenters. The average Bonchev–Trinajstić information content (AvgIpc) is 3.11. The first-order chi connectivity index (χ1) is 10.2. The second-order valence-corrected chi connectivity index (χ2v) is 6.72. The van der Waals surface area contributed by atoms with Gasteiger partial charge in [0.05, 0.1) is 12.0 Å². The van der Waals surface area contributed by atoms with E-state index in [1.54, 1.807) is 11.3 Å². The number of hydrogen-bond acceptors (Lipinski definition) is 3. The van der Waals surface area contributed by atoms with Crippen LogP contribution in [0.3, 0.4) is 0 Å². The van der Waals surface area contributed by atoms with Crippen LogP contribution in [-0.4, -0.2) is 27.9 Å². The Morgan fingerprint density at radius 1 is 1.29 bits per heavy atom. The highest BCUT2D eigenvalue weighted by Crippen LogP contribution is 2.47. The molecule has 1 amide bonds. The normalized spacial score (nSPS) is 25.7. The van der Waals surface area contributed by atoms with Gasteiger partial charge in [-0.15, -0.1) is 11.3 Å². The van der Waals surface area contributed by atoms with Crippen molar-refractivity contribution in [3.8, 4) is 0 Å². The number of thiophene rings is 1. The van der Waals surface area contributed by atoms with Crippen molar-refractivity contribution < 1.29 is 14.7 Å². The molecule has 4 rings (SSSR count). The van der Waals surface area contributed by atoms with E-state index in [0.29, 0.717) is 0 Å². The summed E-state index contributed by atoms with van der Waals surface area (Å²) in [5.41, 5.74) is 1.00. The molecule has 1 aromatic heterocycles. The fourth-order valence-electron chi connectivity index (χ4n) is 3.35. The summed E-state index contributed by atoms with van der Waals surface area (Å²) < 4.78 is 1.15. The number of carbonyl (C=O) groups excluding carboxylic acids is 1. The Morgan fingerprint density at radius 2 is 2.05 bits per heavy atom. The average molecular weight is 301 g/mol. The van der Waals surface area contributed by atoms with Crippen molar-refractivity contribution in [1.29, 1.82) is 0 Å². The van der Waals surface area contributed by atoms with Crippen molar-refractivity contribution in [3.63, 3.8) is 0 Å². The standard InChI is InChI=1S/C16H15NO3S/c18-14-7-11(16(19)20)15(17(14)9-5-6-9)12-8-21-13-4-2-1-3-10(12)13/h1-4,8-9,11,15H,5-7H2,(H,19,20). The number of aliphatic carboxylic acids is 1. The van der Waals surface area contributed by atoms with Crippen LogP contribution in [0.1, 0.15) is 30.9 Å². The molecule has 0 radical (unpaired) electrons. The number of rotatable bonds is 3. The van der Waals surface area contributed by atoms with Crippen LogP contribution < -0.4 is 0 Å². The van der Waals surface area contributed by atoms with Gasteiger partial charge in [-0.05, 0) is 35.2 Å². The number of carboxylic acids is 1. The maximum atomic E-state index is 12.3. The molecule has 2 heterocycles. The molecule has 1 saturated carbocycles. The molecule has 1 saturated heterocycles. The van der Waals surface area contributed by atoms with Gasteiger partial charge in [0.2, 0.25) is 5.91 Å². The van der Waals surface area contributed by atoms with Crippen LogP contribution in [0.2, 0.25) is 0 Å². The van der Waals surface area contributed by atoms with Crippen LogP contribution in [0.5, 0.6) is 0 Å². The Morgan fingerprint density at radius 3 is 2.76 bits per heavy atom. The first-order valence-corrected chi connectivity index (χ1v) is 8.05. The van der Waals surface area contributed by atoms with Gasteiger partial charge in [-0.2, -0.15) is 0 Å². The minimum atomic E-state index is -0.869. The van der Waals surface area contributed by atoms with E-state index in [4.69, 9.17) is 0 Å². The number of amides is 1. The summed E-state index contributed by atoms with van der Waals surface area (Å²) >= 11 is 1.62. The van der Waals surface area contributed by atoms with E-state index in [1.165, 1.54) is 0 Å². The van der Waals surface area contributed by atoms with E-state index in [-0.39, 0.29) is 24.4 Å². The van der Waals surface area contributed by atoms with Crippen LogP contribution in [0.25, 0.3) is 10.1 Å². The summed E-state index contributed by atoms with van der Waals surface area (Å²) in [6.07, 6.45) is 2.12. The number of fused-ring (bicyclic) bond motifs is 1. The lowest BCUT2D eigenvalue weighted by molar-refractivity contribution is -0.142. The fraction of sp³-hybridized carbons (Fsp3) is 0.375. The summed E-state index contributed by atoms with van der Waals surface area (Å²) in [5.74, 6) is -1.51. The third kappa shape index (κ3) is 1.95. The zero-order valence-corrected chi connectivity index (χ0v) is 12.2. The maximum absolute atomic E-state index is 12.3. The molecule has 2 aromatic rings. The van der Waals surface area contributed by atoms with Crippen LogP contribution in [0, 0.1) is 5.92 Å². The SMILES string of the molecule is O=C(O)C1CC(=O)N(C2CC2)C1c1csc2ccccc12. The summed E-state index contributed by atoms with van der Waals surface area (Å²) in [6.45, 7) is 0. The molecule has 0 spiro atoms. The molecule has 1 aliphatic carbocycles. The van der Waals surface area contributed by atoms with E-state index < -0.39 is 11.9 Å². The lowest BCUT2D eigenvalue weighted by atomic mass is 9.93. The Bertz CT molecular complexity index is 734. The molecule has 1 aliphatic heterocycles. The molecular weight excluding hydrogens is 286 g/mol. The first-order valence-electron chi connectivity index (χ1n) is 7.17. The monoisotopic (exact) mass is 301 g/mol. The topological polar surface area (TPSA) is 57.6 Å². The van der Waals surface area contributed by atoms with Gasteiger partial charge in [-0.3, -0.25) is 9.59 Å². The number of nitrogens with zero attached hydrogens (tertiary/aromatic N) is 1. The highest BCUT2D eigenvalue weighted by atomic mass is 32.1. The largest absolute Gasteiger partial charge is 0.481 e. The fourth-order valence-corrected chi connectivity index (χ4v) is 4.34. The molecular formula is C16H15NO3S. The van der Waals surface area contributed by atoms with Crippen molar-refractivity contribution >= 4 is 33.3 Å². The smallest absolute Gasteiger partial charge is 0.309 e. The second-order valence-electron chi connectivity index (χ2n) is 5.81. The number of hydrogen-bond donors (Lipinski definition) is 1. The molecule has 1 N–H and O–H groups in total. The van der Waals surface area contributed by atoms with Crippen LogP contribution in [0.4, 0.5) is 0 Å². The van der Waals surface area contributed by atoms with E-state index in [2.05, 4.69) is 0 Å². The first kappa shape index (κ1) is 12.8. The molecule has 4 nitrogen and oxygen atoms in total. The molecule has 21 heavy (non-hydrogen) atoms. The van der Waals surface area contributed by atoms with E-state index in [9.17, 15) is 14.7 Å². The zero-order valence-electron chi connectivity index (χ0n) is 11.4. The molecule has 2 fully saturated rings. The Kier molecular flexibility index (Phi) is 2.79. The van der Waals surface area contributed by atoms with Crippen molar-refractivity contribution in [2.75, 3.05) is 0 Å². The van der Waals surface area contributed by atoms with Gasteiger partial charge in [-0.1, -0.05) is 18.2 Å². The highest BCUT2D eigenvalue weighted by Gasteiger charge is 2.50. The van der Waals surface area contributed by atoms with Gasteiger partial charge in [-0.25, -0.2) is 0 Å². The predicted octanol–water partition coefficient (Wildman–Crippen LogP) is 3.04. The van der Waals surface area contributed by atoms with E-state index in [0.717, 1.165) is 28.5 Å². The van der Waals surface area contributed by atoms with Crippen LogP contribution >= 0.6 is 11.3 Å². The molecule has 108 valence electrons. The number of likely N-dealkylation sites (tertiary alicyclic amines) is 1. The van der Waals surface area contributed by atoms with Gasteiger partial charge in [0.15, 0.2) is 0 Å². The van der Waals surface area contributed by atoms with Gasteiger partial charge in [0.25, 0.3) is 0 Å². The van der Waals surface area contributed by atoms with Crippen LogP contribution in [0.15, 0.2) is 29.6 Å². The van der Waals surface area contributed by atoms with Gasteiger partial charge >= 0.3 is 5.97 Å². The maximum Gasteiger partial charge on any atom is 0.309 e. The third-order valence-corrected chi connectivity index (χ3v) is 5.43. The van der Waals surface area contributed by atoms with Gasteiger partial charge < -0.3 is 10.0 Å². The molecule has 2 atom stereocenters. The third-order valence-electron chi connectivity index (χ3n) is 4.45. The Balaban J connectivity index is 1.85. The van der Waals surface area contributed by atoms with Crippen molar-refractivity contribution in [2.45, 2.75) is 31.3 Å². The number of carbonyl (C=O) groups is 2. The quantitative estimate of drug-likeness (QED) is 0.948. The number of benzene rings is 1. The molecule has 1 aromatic carbocycles. The zero-order chi connectivity index (χ0) is 14.6. The van der Waals surface area contributed by atoms with Crippen molar-refractivity contribution in [3.05, 3.63) is 35.2 Å². The molecule has 0 bridgehead atoms. The minimum Gasteiger partial charge on any atom is -0.481 e. The lowest BCUT2D eigenvalue weighted by Crippen LogP contribution is -2.32. The Labute approximate surface area is 126 Å². The minimum absolute atomic E-state index is 0.00909. The van der Waals surface area contributed by atoms with Crippen molar-refractivity contribution in [2.24, 2.45) is 5.92 Å². The summed E-state index contributed by atoms with van der Waals surface area (Å²) in [7, 11) is 0. The van der Waals surface area contributed by atoms with E-state index >= 15 is 0 Å². The molecule has 2 aliphatic rings. The highest BCUT2D eigenvalue weighted by molar-refractivity contribution is 7.17. The summed E-state index contributed by atoms with van der Waals surface area (Å²) in [4.78, 5) is 25.7. The summed E-state index contributed by atoms with van der Waals surface area (Å²) in [6, 6.07) is 7.94. The van der Waals surface area contributed by atoms with E-state index in [1.807, 2.05) is 34.5 Å².